The van der Waals surface area contributed by atoms with Crippen molar-refractivity contribution in [2.45, 2.75) is 47.7 Å². The molecule has 0 saturated heterocycles. The Morgan fingerprint density at radius 1 is 1.26 bits per heavy atom. The van der Waals surface area contributed by atoms with Crippen molar-refractivity contribution >= 4 is 17.4 Å². The van der Waals surface area contributed by atoms with Gasteiger partial charge in [-0.15, -0.1) is 11.8 Å². The molecule has 0 aromatic heterocycles. The molecule has 6 heteroatoms. The van der Waals surface area contributed by atoms with Gasteiger partial charge < -0.3 is 11.1 Å². The lowest BCUT2D eigenvalue weighted by atomic mass is 9.90. The number of rotatable bonds is 0. The Morgan fingerprint density at radius 2 is 2.05 bits per heavy atom. The van der Waals surface area contributed by atoms with E-state index in [2.05, 4.69) is 5.32 Å². The van der Waals surface area contributed by atoms with Crippen LogP contribution >= 0.6 is 11.8 Å². The SMILES string of the molecule is NC1CCCC2Sc3cc(C(F)(F)F)ccc3NC12. The minimum Gasteiger partial charge on any atom is -0.379 e. The second-order valence-electron chi connectivity index (χ2n) is 5.13. The summed E-state index contributed by atoms with van der Waals surface area (Å²) in [6.45, 7) is 0. The summed E-state index contributed by atoms with van der Waals surface area (Å²) in [7, 11) is 0. The molecule has 3 unspecified atom stereocenters. The van der Waals surface area contributed by atoms with Gasteiger partial charge in [0.1, 0.15) is 0 Å². The minimum absolute atomic E-state index is 0.0849. The van der Waals surface area contributed by atoms with Gasteiger partial charge in [-0.1, -0.05) is 6.42 Å². The third-order valence-corrected chi connectivity index (χ3v) is 5.22. The molecule has 1 aliphatic heterocycles. The Bertz CT molecular complexity index is 489. The number of benzene rings is 1. The number of anilines is 1. The molecule has 1 fully saturated rings. The Labute approximate surface area is 113 Å². The lowest BCUT2D eigenvalue weighted by Crippen LogP contribution is -2.51. The maximum atomic E-state index is 12.7. The van der Waals surface area contributed by atoms with Crippen LogP contribution in [0.2, 0.25) is 0 Å². The molecule has 1 heterocycles. The predicted octanol–water partition coefficient (Wildman–Crippen LogP) is 3.47. The van der Waals surface area contributed by atoms with Crippen molar-refractivity contribution in [2.24, 2.45) is 5.73 Å². The molecular weight excluding hydrogens is 273 g/mol. The van der Waals surface area contributed by atoms with E-state index >= 15 is 0 Å². The van der Waals surface area contributed by atoms with E-state index in [1.807, 2.05) is 0 Å². The third kappa shape index (κ3) is 2.43. The van der Waals surface area contributed by atoms with Crippen LogP contribution in [0.5, 0.6) is 0 Å². The first-order valence-corrected chi connectivity index (χ1v) is 7.23. The molecule has 3 rings (SSSR count). The molecule has 1 aliphatic carbocycles. The fourth-order valence-corrected chi connectivity index (χ4v) is 4.26. The van der Waals surface area contributed by atoms with E-state index in [0.717, 1.165) is 31.0 Å². The molecular formula is C13H15F3N2S. The molecule has 1 aromatic carbocycles. The fraction of sp³-hybridized carbons (Fsp3) is 0.538. The largest absolute Gasteiger partial charge is 0.416 e. The maximum absolute atomic E-state index is 12.7. The van der Waals surface area contributed by atoms with Crippen LogP contribution in [0.1, 0.15) is 24.8 Å². The first kappa shape index (κ1) is 13.1. The van der Waals surface area contributed by atoms with Crippen molar-refractivity contribution in [3.05, 3.63) is 23.8 Å². The van der Waals surface area contributed by atoms with Gasteiger partial charge in [-0.3, -0.25) is 0 Å². The summed E-state index contributed by atoms with van der Waals surface area (Å²) in [5, 5.41) is 3.59. The molecule has 2 aliphatic rings. The molecule has 0 bridgehead atoms. The van der Waals surface area contributed by atoms with Crippen LogP contribution in [0.4, 0.5) is 18.9 Å². The molecule has 0 spiro atoms. The second kappa shape index (κ2) is 4.59. The van der Waals surface area contributed by atoms with E-state index in [4.69, 9.17) is 5.73 Å². The summed E-state index contributed by atoms with van der Waals surface area (Å²) in [6.07, 6.45) is -1.25. The van der Waals surface area contributed by atoms with Crippen molar-refractivity contribution in [2.75, 3.05) is 5.32 Å². The fourth-order valence-electron chi connectivity index (χ4n) is 2.78. The molecule has 0 radical (unpaired) electrons. The minimum atomic E-state index is -4.28. The van der Waals surface area contributed by atoms with Gasteiger partial charge in [-0.25, -0.2) is 0 Å². The number of fused-ring (bicyclic) bond motifs is 2. The summed E-state index contributed by atoms with van der Waals surface area (Å²) in [6, 6.07) is 4.14. The third-order valence-electron chi connectivity index (χ3n) is 3.80. The van der Waals surface area contributed by atoms with Crippen molar-refractivity contribution in [3.8, 4) is 0 Å². The molecule has 1 aromatic rings. The van der Waals surface area contributed by atoms with Crippen molar-refractivity contribution in [3.63, 3.8) is 0 Å². The zero-order chi connectivity index (χ0) is 13.6. The highest BCUT2D eigenvalue weighted by atomic mass is 32.2. The Balaban J connectivity index is 1.92. The maximum Gasteiger partial charge on any atom is 0.416 e. The van der Waals surface area contributed by atoms with E-state index in [-0.39, 0.29) is 17.3 Å². The number of hydrogen-bond acceptors (Lipinski definition) is 3. The van der Waals surface area contributed by atoms with E-state index in [1.54, 1.807) is 0 Å². The van der Waals surface area contributed by atoms with Gasteiger partial charge in [0.05, 0.1) is 11.6 Å². The monoisotopic (exact) mass is 288 g/mol. The Hall–Kier alpha value is -0.880. The number of halogens is 3. The van der Waals surface area contributed by atoms with E-state index < -0.39 is 11.7 Å². The first-order chi connectivity index (χ1) is 8.95. The lowest BCUT2D eigenvalue weighted by Gasteiger charge is -2.41. The van der Waals surface area contributed by atoms with E-state index in [1.165, 1.54) is 23.9 Å². The van der Waals surface area contributed by atoms with Gasteiger partial charge >= 0.3 is 6.18 Å². The van der Waals surface area contributed by atoms with Gasteiger partial charge in [0, 0.05) is 21.9 Å². The van der Waals surface area contributed by atoms with Crippen LogP contribution in [0.25, 0.3) is 0 Å². The second-order valence-corrected chi connectivity index (χ2v) is 6.41. The molecule has 0 amide bonds. The normalized spacial score (nSPS) is 30.2. The highest BCUT2D eigenvalue weighted by molar-refractivity contribution is 8.00. The number of nitrogens with two attached hydrogens (primary N) is 1. The van der Waals surface area contributed by atoms with Crippen LogP contribution in [0.3, 0.4) is 0 Å². The quantitative estimate of drug-likeness (QED) is 0.767. The zero-order valence-electron chi connectivity index (χ0n) is 10.2. The van der Waals surface area contributed by atoms with E-state index in [9.17, 15) is 13.2 Å². The van der Waals surface area contributed by atoms with Crippen molar-refractivity contribution in [1.29, 1.82) is 0 Å². The number of alkyl halides is 3. The topological polar surface area (TPSA) is 38.0 Å². The summed E-state index contributed by atoms with van der Waals surface area (Å²) in [5.41, 5.74) is 6.28. The van der Waals surface area contributed by atoms with Gasteiger partial charge in [0.2, 0.25) is 0 Å². The van der Waals surface area contributed by atoms with Gasteiger partial charge in [-0.05, 0) is 31.0 Å². The molecule has 1 saturated carbocycles. The molecule has 3 N–H and O–H groups in total. The zero-order valence-corrected chi connectivity index (χ0v) is 11.0. The highest BCUT2D eigenvalue weighted by Gasteiger charge is 2.37. The molecule has 19 heavy (non-hydrogen) atoms. The van der Waals surface area contributed by atoms with Crippen molar-refractivity contribution in [1.82, 2.24) is 0 Å². The van der Waals surface area contributed by atoms with Gasteiger partial charge in [-0.2, -0.15) is 13.2 Å². The van der Waals surface area contributed by atoms with Crippen LogP contribution in [-0.2, 0) is 6.18 Å². The summed E-state index contributed by atoms with van der Waals surface area (Å²) >= 11 is 1.53. The van der Waals surface area contributed by atoms with Crippen LogP contribution in [0, 0.1) is 0 Å². The average Bonchev–Trinajstić information content (AvgIpc) is 2.35. The summed E-state index contributed by atoms with van der Waals surface area (Å²) < 4.78 is 38.1. The summed E-state index contributed by atoms with van der Waals surface area (Å²) in [5.74, 6) is 0. The Kier molecular flexibility index (Phi) is 3.17. The van der Waals surface area contributed by atoms with Crippen molar-refractivity contribution < 1.29 is 13.2 Å². The van der Waals surface area contributed by atoms with Crippen LogP contribution < -0.4 is 11.1 Å². The van der Waals surface area contributed by atoms with Crippen LogP contribution in [0.15, 0.2) is 23.1 Å². The molecule has 3 atom stereocenters. The average molecular weight is 288 g/mol. The lowest BCUT2D eigenvalue weighted by molar-refractivity contribution is -0.137. The summed E-state index contributed by atoms with van der Waals surface area (Å²) in [4.78, 5) is 0.685. The predicted molar refractivity (Wildman–Crippen MR) is 70.3 cm³/mol. The Morgan fingerprint density at radius 3 is 2.79 bits per heavy atom. The number of hydrogen-bond donors (Lipinski definition) is 2. The van der Waals surface area contributed by atoms with E-state index in [0.29, 0.717) is 4.90 Å². The highest BCUT2D eigenvalue weighted by Crippen LogP contribution is 2.44. The van der Waals surface area contributed by atoms with Crippen LogP contribution in [-0.4, -0.2) is 17.3 Å². The molecule has 2 nitrogen and oxygen atoms in total. The number of nitrogens with one attached hydrogen (secondary N) is 1. The standard InChI is InChI=1S/C13H15F3N2S/c14-13(15,16)7-4-5-9-11(6-7)19-10-3-1-2-8(17)12(10)18-9/h4-6,8,10,12,18H,1-3,17H2. The number of thioether (sulfide) groups is 1. The van der Waals surface area contributed by atoms with Gasteiger partial charge in [0.15, 0.2) is 0 Å². The molecule has 104 valence electrons. The van der Waals surface area contributed by atoms with Gasteiger partial charge in [0.25, 0.3) is 0 Å². The first-order valence-electron chi connectivity index (χ1n) is 6.35. The smallest absolute Gasteiger partial charge is 0.379 e.